The van der Waals surface area contributed by atoms with Crippen LogP contribution in [0.4, 0.5) is 11.5 Å². The molecule has 2 rings (SSSR count). The zero-order chi connectivity index (χ0) is 15.4. The maximum atomic E-state index is 11.5. The van der Waals surface area contributed by atoms with E-state index in [9.17, 15) is 9.59 Å². The molecule has 0 radical (unpaired) electrons. The highest BCUT2D eigenvalue weighted by molar-refractivity contribution is 5.88. The van der Waals surface area contributed by atoms with E-state index in [1.807, 2.05) is 4.90 Å². The van der Waals surface area contributed by atoms with Crippen molar-refractivity contribution in [3.63, 3.8) is 0 Å². The molecular weight excluding hydrogens is 272 g/mol. The third kappa shape index (κ3) is 3.62. The zero-order valence-corrected chi connectivity index (χ0v) is 12.0. The Morgan fingerprint density at radius 3 is 2.62 bits per heavy atom. The number of hydrogen-bond acceptors (Lipinski definition) is 6. The summed E-state index contributed by atoms with van der Waals surface area (Å²) in [5.41, 5.74) is 11.9. The molecule has 21 heavy (non-hydrogen) atoms. The van der Waals surface area contributed by atoms with Crippen LogP contribution in [0, 0.1) is 5.92 Å². The van der Waals surface area contributed by atoms with Crippen LogP contribution in [-0.2, 0) is 9.53 Å². The van der Waals surface area contributed by atoms with Crippen molar-refractivity contribution in [2.24, 2.45) is 11.7 Å². The standard InChI is InChI=1S/C14H20N4O3/c1-21-14(20)11-3-2-10(15)13(17-11)18-6-4-9(5-7-18)8-12(16)19/h2-3,9H,4-8,15H2,1H3,(H2,16,19). The fourth-order valence-electron chi connectivity index (χ4n) is 2.56. The minimum atomic E-state index is -0.486. The van der Waals surface area contributed by atoms with Gasteiger partial charge in [0.05, 0.1) is 12.8 Å². The molecule has 1 aromatic rings. The molecule has 7 heteroatoms. The van der Waals surface area contributed by atoms with Gasteiger partial charge in [0.15, 0.2) is 11.5 Å². The summed E-state index contributed by atoms with van der Waals surface area (Å²) in [5.74, 6) is 0.151. The van der Waals surface area contributed by atoms with Gasteiger partial charge in [-0.25, -0.2) is 9.78 Å². The van der Waals surface area contributed by atoms with Gasteiger partial charge in [-0.1, -0.05) is 0 Å². The highest BCUT2D eigenvalue weighted by Gasteiger charge is 2.23. The number of esters is 1. The fraction of sp³-hybridized carbons (Fsp3) is 0.500. The number of nitrogen functional groups attached to an aromatic ring is 1. The first-order valence-electron chi connectivity index (χ1n) is 6.89. The predicted octanol–water partition coefficient (Wildman–Crippen LogP) is 0.542. The van der Waals surface area contributed by atoms with Gasteiger partial charge in [-0.15, -0.1) is 0 Å². The average Bonchev–Trinajstić information content (AvgIpc) is 2.47. The van der Waals surface area contributed by atoms with Crippen LogP contribution in [0.5, 0.6) is 0 Å². The van der Waals surface area contributed by atoms with Crippen LogP contribution in [0.2, 0.25) is 0 Å². The Balaban J connectivity index is 2.09. The molecule has 0 bridgehead atoms. The number of methoxy groups -OCH3 is 1. The molecule has 1 aromatic heterocycles. The van der Waals surface area contributed by atoms with Crippen LogP contribution in [-0.4, -0.2) is 37.1 Å². The summed E-state index contributed by atoms with van der Waals surface area (Å²) in [6.07, 6.45) is 2.12. The first kappa shape index (κ1) is 15.1. The number of amides is 1. The summed E-state index contributed by atoms with van der Waals surface area (Å²) in [4.78, 5) is 28.8. The summed E-state index contributed by atoms with van der Waals surface area (Å²) < 4.78 is 4.67. The number of aromatic nitrogens is 1. The SMILES string of the molecule is COC(=O)c1ccc(N)c(N2CCC(CC(N)=O)CC2)n1. The van der Waals surface area contributed by atoms with Gasteiger partial charge in [0, 0.05) is 19.5 Å². The largest absolute Gasteiger partial charge is 0.464 e. The van der Waals surface area contributed by atoms with Crippen molar-refractivity contribution in [2.75, 3.05) is 30.8 Å². The third-order valence-electron chi connectivity index (χ3n) is 3.70. The van der Waals surface area contributed by atoms with Crippen LogP contribution in [0.15, 0.2) is 12.1 Å². The van der Waals surface area contributed by atoms with Crippen molar-refractivity contribution >= 4 is 23.4 Å². The molecule has 1 amide bonds. The lowest BCUT2D eigenvalue weighted by molar-refractivity contribution is -0.119. The number of nitrogens with zero attached hydrogens (tertiary/aromatic N) is 2. The molecule has 0 spiro atoms. The smallest absolute Gasteiger partial charge is 0.356 e. The van der Waals surface area contributed by atoms with Crippen LogP contribution in [0.25, 0.3) is 0 Å². The lowest BCUT2D eigenvalue weighted by Crippen LogP contribution is -2.36. The van der Waals surface area contributed by atoms with E-state index in [-0.39, 0.29) is 11.6 Å². The van der Waals surface area contributed by atoms with Gasteiger partial charge in [0.2, 0.25) is 5.91 Å². The number of ether oxygens (including phenoxy) is 1. The highest BCUT2D eigenvalue weighted by Crippen LogP contribution is 2.27. The van der Waals surface area contributed by atoms with E-state index in [1.54, 1.807) is 12.1 Å². The predicted molar refractivity (Wildman–Crippen MR) is 78.7 cm³/mol. The number of carbonyl (C=O) groups excluding carboxylic acids is 2. The normalized spacial score (nSPS) is 15.8. The Bertz CT molecular complexity index is 539. The summed E-state index contributed by atoms with van der Waals surface area (Å²) in [7, 11) is 1.31. The van der Waals surface area contributed by atoms with E-state index in [1.165, 1.54) is 7.11 Å². The molecule has 7 nitrogen and oxygen atoms in total. The first-order chi connectivity index (χ1) is 10.0. The summed E-state index contributed by atoms with van der Waals surface area (Å²) in [5, 5.41) is 0. The van der Waals surface area contributed by atoms with Crippen molar-refractivity contribution < 1.29 is 14.3 Å². The van der Waals surface area contributed by atoms with Crippen LogP contribution in [0.1, 0.15) is 29.8 Å². The second-order valence-electron chi connectivity index (χ2n) is 5.20. The zero-order valence-electron chi connectivity index (χ0n) is 12.0. The van der Waals surface area contributed by atoms with Crippen LogP contribution >= 0.6 is 0 Å². The molecular formula is C14H20N4O3. The lowest BCUT2D eigenvalue weighted by atomic mass is 9.93. The van der Waals surface area contributed by atoms with E-state index in [2.05, 4.69) is 9.72 Å². The molecule has 2 heterocycles. The molecule has 1 aliphatic rings. The van der Waals surface area contributed by atoms with Crippen molar-refractivity contribution in [1.82, 2.24) is 4.98 Å². The van der Waals surface area contributed by atoms with Crippen LogP contribution < -0.4 is 16.4 Å². The molecule has 1 aliphatic heterocycles. The topological polar surface area (TPSA) is 112 Å². The maximum Gasteiger partial charge on any atom is 0.356 e. The number of nitrogens with two attached hydrogens (primary N) is 2. The summed E-state index contributed by atoms with van der Waals surface area (Å²) >= 11 is 0. The molecule has 0 aromatic carbocycles. The van der Waals surface area contributed by atoms with Crippen molar-refractivity contribution in [3.8, 4) is 0 Å². The molecule has 4 N–H and O–H groups in total. The van der Waals surface area contributed by atoms with E-state index < -0.39 is 5.97 Å². The Morgan fingerprint density at radius 1 is 1.38 bits per heavy atom. The number of pyridine rings is 1. The third-order valence-corrected chi connectivity index (χ3v) is 3.70. The van der Waals surface area contributed by atoms with Crippen molar-refractivity contribution in [3.05, 3.63) is 17.8 Å². The Morgan fingerprint density at radius 2 is 2.05 bits per heavy atom. The van der Waals surface area contributed by atoms with Gasteiger partial charge in [0.25, 0.3) is 0 Å². The van der Waals surface area contributed by atoms with Crippen molar-refractivity contribution in [1.29, 1.82) is 0 Å². The lowest BCUT2D eigenvalue weighted by Gasteiger charge is -2.33. The average molecular weight is 292 g/mol. The van der Waals surface area contributed by atoms with E-state index in [4.69, 9.17) is 11.5 Å². The molecule has 0 unspecified atom stereocenters. The molecule has 1 saturated heterocycles. The number of anilines is 2. The second kappa shape index (κ2) is 6.43. The van der Waals surface area contributed by atoms with E-state index >= 15 is 0 Å². The Hall–Kier alpha value is -2.31. The summed E-state index contributed by atoms with van der Waals surface area (Å²) in [6.45, 7) is 1.47. The Labute approximate surface area is 123 Å². The number of piperidine rings is 1. The number of primary amides is 1. The van der Waals surface area contributed by atoms with Crippen LogP contribution in [0.3, 0.4) is 0 Å². The molecule has 0 aliphatic carbocycles. The maximum absolute atomic E-state index is 11.5. The van der Waals surface area contributed by atoms with Gasteiger partial charge in [-0.2, -0.15) is 0 Å². The Kier molecular flexibility index (Phi) is 4.62. The first-order valence-corrected chi connectivity index (χ1v) is 6.89. The molecule has 1 fully saturated rings. The monoisotopic (exact) mass is 292 g/mol. The van der Waals surface area contributed by atoms with Gasteiger partial charge >= 0.3 is 5.97 Å². The molecule has 0 saturated carbocycles. The second-order valence-corrected chi connectivity index (χ2v) is 5.20. The molecule has 114 valence electrons. The van der Waals surface area contributed by atoms with Gasteiger partial charge in [-0.3, -0.25) is 4.79 Å². The van der Waals surface area contributed by atoms with E-state index in [0.717, 1.165) is 25.9 Å². The minimum absolute atomic E-state index is 0.237. The number of hydrogen-bond donors (Lipinski definition) is 2. The van der Waals surface area contributed by atoms with Gasteiger partial charge < -0.3 is 21.1 Å². The fourth-order valence-corrected chi connectivity index (χ4v) is 2.56. The summed E-state index contributed by atoms with van der Waals surface area (Å²) in [6, 6.07) is 3.20. The minimum Gasteiger partial charge on any atom is -0.464 e. The van der Waals surface area contributed by atoms with Gasteiger partial charge in [0.1, 0.15) is 0 Å². The quantitative estimate of drug-likeness (QED) is 0.783. The van der Waals surface area contributed by atoms with Crippen molar-refractivity contribution in [2.45, 2.75) is 19.3 Å². The highest BCUT2D eigenvalue weighted by atomic mass is 16.5. The number of carbonyl (C=O) groups is 2. The van der Waals surface area contributed by atoms with E-state index in [0.29, 0.717) is 23.8 Å². The van der Waals surface area contributed by atoms with Gasteiger partial charge in [-0.05, 0) is 30.9 Å². The molecule has 0 atom stereocenters. The number of rotatable bonds is 4.